The molecule has 0 atom stereocenters. The zero-order valence-corrected chi connectivity index (χ0v) is 17.0. The van der Waals surface area contributed by atoms with Crippen LogP contribution < -0.4 is 4.57 Å². The number of benzene rings is 2. The Bertz CT molecular complexity index is 1090. The molecule has 0 radical (unpaired) electrons. The minimum Gasteiger partial charge on any atom is -0.289 e. The second-order valence-electron chi connectivity index (χ2n) is 7.82. The molecule has 0 unspecified atom stereocenters. The molecule has 2 aromatic carbocycles. The van der Waals surface area contributed by atoms with Crippen LogP contribution in [0.25, 0.3) is 6.08 Å². The lowest BCUT2D eigenvalue weighted by molar-refractivity contribution is -0.688. The summed E-state index contributed by atoms with van der Waals surface area (Å²) in [4.78, 5) is 13.1. The molecular weight excluding hydrogens is 342 g/mol. The summed E-state index contributed by atoms with van der Waals surface area (Å²) in [6.45, 7) is 9.35. The van der Waals surface area contributed by atoms with Gasteiger partial charge in [0.05, 0.1) is 0 Å². The van der Waals surface area contributed by atoms with E-state index in [2.05, 4.69) is 87.1 Å². The van der Waals surface area contributed by atoms with Gasteiger partial charge >= 0.3 is 0 Å². The van der Waals surface area contributed by atoms with Gasteiger partial charge in [0.15, 0.2) is 24.7 Å². The van der Waals surface area contributed by atoms with E-state index in [1.807, 2.05) is 6.07 Å². The average molecular weight is 369 g/mol. The molecule has 0 N–H and O–H groups in total. The molecule has 2 nitrogen and oxygen atoms in total. The zero-order chi connectivity index (χ0) is 19.8. The molecule has 1 aromatic heterocycles. The van der Waals surface area contributed by atoms with Crippen LogP contribution in [0.2, 0.25) is 0 Å². The van der Waals surface area contributed by atoms with E-state index in [0.29, 0.717) is 0 Å². The number of hydrogen-bond donors (Lipinski definition) is 0. The fraction of sp³-hybridized carbons (Fsp3) is 0.231. The second kappa shape index (κ2) is 7.20. The van der Waals surface area contributed by atoms with Crippen molar-refractivity contribution in [3.63, 3.8) is 0 Å². The number of nitrogens with zero attached hydrogens (tertiary/aromatic N) is 1. The molecule has 0 fully saturated rings. The topological polar surface area (TPSA) is 20.9 Å². The Kier molecular flexibility index (Phi) is 4.72. The molecule has 4 rings (SSSR count). The first-order valence-electron chi connectivity index (χ1n) is 9.83. The number of fused-ring (bicyclic) bond motifs is 1. The molecule has 3 aromatic rings. The normalized spacial score (nSPS) is 14.6. The third kappa shape index (κ3) is 3.20. The van der Waals surface area contributed by atoms with Crippen molar-refractivity contribution in [1.29, 1.82) is 0 Å². The summed E-state index contributed by atoms with van der Waals surface area (Å²) in [6.07, 6.45) is 6.95. The number of Topliss-reactive ketones (excluding diaryl/α,β-unsaturated/α-hetero) is 1. The predicted molar refractivity (Wildman–Crippen MR) is 114 cm³/mol. The van der Waals surface area contributed by atoms with Crippen LogP contribution in [0.3, 0.4) is 0 Å². The Morgan fingerprint density at radius 2 is 1.50 bits per heavy atom. The average Bonchev–Trinajstić information content (AvgIpc) is 3.03. The largest absolute Gasteiger partial charge is 0.289 e. The molecule has 0 amide bonds. The molecule has 28 heavy (non-hydrogen) atoms. The summed E-state index contributed by atoms with van der Waals surface area (Å²) in [6, 6.07) is 14.6. The first-order valence-corrected chi connectivity index (χ1v) is 9.83. The van der Waals surface area contributed by atoms with E-state index in [9.17, 15) is 4.79 Å². The van der Waals surface area contributed by atoms with E-state index < -0.39 is 0 Å². The highest BCUT2D eigenvalue weighted by atomic mass is 16.1. The van der Waals surface area contributed by atoms with Gasteiger partial charge in [-0.15, -0.1) is 0 Å². The number of aromatic nitrogens is 1. The minimum atomic E-state index is 0.194. The lowest BCUT2D eigenvalue weighted by Crippen LogP contribution is -2.33. The van der Waals surface area contributed by atoms with Gasteiger partial charge in [0.1, 0.15) is 0 Å². The highest BCUT2D eigenvalue weighted by Gasteiger charge is 2.29. The Hall–Kier alpha value is -3.00. The van der Waals surface area contributed by atoms with Crippen LogP contribution in [-0.2, 0) is 13.0 Å². The first kappa shape index (κ1) is 18.4. The van der Waals surface area contributed by atoms with Crippen molar-refractivity contribution >= 4 is 11.9 Å². The van der Waals surface area contributed by atoms with Crippen LogP contribution in [-0.4, -0.2) is 5.78 Å². The molecule has 1 aliphatic rings. The van der Waals surface area contributed by atoms with Crippen molar-refractivity contribution in [2.45, 2.75) is 40.7 Å². The van der Waals surface area contributed by atoms with E-state index >= 15 is 0 Å². The van der Waals surface area contributed by atoms with E-state index in [-0.39, 0.29) is 5.78 Å². The number of ketones is 1. The lowest BCUT2D eigenvalue weighted by atomic mass is 9.90. The molecular formula is C26H26NO+. The molecule has 0 saturated heterocycles. The van der Waals surface area contributed by atoms with Crippen molar-refractivity contribution in [3.05, 3.63) is 105 Å². The van der Waals surface area contributed by atoms with Gasteiger partial charge in [0, 0.05) is 35.3 Å². The van der Waals surface area contributed by atoms with Crippen molar-refractivity contribution in [2.24, 2.45) is 0 Å². The van der Waals surface area contributed by atoms with Gasteiger partial charge in [-0.1, -0.05) is 30.3 Å². The van der Waals surface area contributed by atoms with Crippen LogP contribution in [0.15, 0.2) is 60.4 Å². The van der Waals surface area contributed by atoms with Crippen LogP contribution in [0.4, 0.5) is 0 Å². The Labute approximate surface area is 167 Å². The van der Waals surface area contributed by atoms with Gasteiger partial charge in [0.25, 0.3) is 0 Å². The molecule has 1 heterocycles. The standard InChI is InChI=1S/C26H26NO/c1-17-18(2)20(4)25-24(19(17)3)15-23(26(25)28)14-21-10-12-27(13-11-21)16-22-8-6-5-7-9-22/h5-14H,15-16H2,1-4H3/q+1. The molecule has 0 aliphatic heterocycles. The van der Waals surface area contributed by atoms with Gasteiger partial charge in [-0.2, -0.15) is 0 Å². The minimum absolute atomic E-state index is 0.194. The lowest BCUT2D eigenvalue weighted by Gasteiger charge is -2.14. The maximum absolute atomic E-state index is 13.1. The van der Waals surface area contributed by atoms with Crippen molar-refractivity contribution in [3.8, 4) is 0 Å². The van der Waals surface area contributed by atoms with E-state index in [1.165, 1.54) is 27.8 Å². The van der Waals surface area contributed by atoms with E-state index in [1.54, 1.807) is 0 Å². The molecule has 1 aliphatic carbocycles. The van der Waals surface area contributed by atoms with Crippen molar-refractivity contribution in [2.75, 3.05) is 0 Å². The highest BCUT2D eigenvalue weighted by molar-refractivity contribution is 6.16. The van der Waals surface area contributed by atoms with Crippen LogP contribution >= 0.6 is 0 Å². The van der Waals surface area contributed by atoms with Crippen molar-refractivity contribution < 1.29 is 9.36 Å². The summed E-state index contributed by atoms with van der Waals surface area (Å²) in [5, 5.41) is 0. The third-order valence-electron chi connectivity index (χ3n) is 6.17. The SMILES string of the molecule is Cc1c(C)c(C)c2c(c1C)CC(=Cc1cc[n+](Cc3ccccc3)cc1)C2=O. The van der Waals surface area contributed by atoms with Gasteiger partial charge in [-0.05, 0) is 67.2 Å². The number of pyridine rings is 1. The molecule has 2 heteroatoms. The second-order valence-corrected chi connectivity index (χ2v) is 7.82. The maximum Gasteiger partial charge on any atom is 0.189 e. The van der Waals surface area contributed by atoms with Gasteiger partial charge in [-0.25, -0.2) is 4.57 Å². The highest BCUT2D eigenvalue weighted by Crippen LogP contribution is 2.36. The number of carbonyl (C=O) groups is 1. The van der Waals surface area contributed by atoms with E-state index in [4.69, 9.17) is 0 Å². The van der Waals surface area contributed by atoms with Crippen LogP contribution in [0.5, 0.6) is 0 Å². The molecule has 140 valence electrons. The fourth-order valence-corrected chi connectivity index (χ4v) is 4.13. The quantitative estimate of drug-likeness (QED) is 0.467. The maximum atomic E-state index is 13.1. The summed E-state index contributed by atoms with van der Waals surface area (Å²) in [5.41, 5.74) is 10.4. The van der Waals surface area contributed by atoms with Gasteiger partial charge in [0.2, 0.25) is 0 Å². The smallest absolute Gasteiger partial charge is 0.189 e. The summed E-state index contributed by atoms with van der Waals surface area (Å²) >= 11 is 0. The van der Waals surface area contributed by atoms with Crippen molar-refractivity contribution in [1.82, 2.24) is 0 Å². The molecule has 0 saturated carbocycles. The number of hydrogen-bond acceptors (Lipinski definition) is 1. The first-order chi connectivity index (χ1) is 13.5. The summed E-state index contributed by atoms with van der Waals surface area (Å²) in [7, 11) is 0. The number of carbonyl (C=O) groups excluding carboxylic acids is 1. The Morgan fingerprint density at radius 1 is 0.857 bits per heavy atom. The summed E-state index contributed by atoms with van der Waals surface area (Å²) in [5.74, 6) is 0.194. The Balaban J connectivity index is 1.61. The van der Waals surface area contributed by atoms with Gasteiger partial charge in [-0.3, -0.25) is 4.79 Å². The van der Waals surface area contributed by atoms with Gasteiger partial charge < -0.3 is 0 Å². The predicted octanol–water partition coefficient (Wildman–Crippen LogP) is 5.08. The monoisotopic (exact) mass is 368 g/mol. The van der Waals surface area contributed by atoms with Crippen LogP contribution in [0, 0.1) is 27.7 Å². The third-order valence-corrected chi connectivity index (χ3v) is 6.17. The molecule has 0 spiro atoms. The van der Waals surface area contributed by atoms with E-state index in [0.717, 1.165) is 35.2 Å². The number of allylic oxidation sites excluding steroid dienone is 1. The van der Waals surface area contributed by atoms with Crippen LogP contribution in [0.1, 0.15) is 49.3 Å². The number of rotatable bonds is 3. The summed E-state index contributed by atoms with van der Waals surface area (Å²) < 4.78 is 2.16. The Morgan fingerprint density at radius 3 is 2.18 bits per heavy atom. The fourth-order valence-electron chi connectivity index (χ4n) is 4.13. The molecule has 0 bridgehead atoms. The zero-order valence-electron chi connectivity index (χ0n) is 17.0.